The standard InChI is InChI=1S/C32H35FN10O2S/c1-3-43(26-9-8-24(34)29(38-26)28(35)20-4-6-23(33)7-5-20)32(45)22-10-13-41(17-22)18-27(44)42-14-11-21(12-15-42)31-36-16-25(46-31)30-37-19-40(2)39-30/h4-9,11,16,19,22,35H,3,10,12-15,17-18,34H2,1-2H3/t22-/m1/s1. The number of nitrogens with one attached hydrogen (secondary N) is 1. The third-order valence-electron chi connectivity index (χ3n) is 8.28. The van der Waals surface area contributed by atoms with Gasteiger partial charge in [-0.2, -0.15) is 5.10 Å². The average Bonchev–Trinajstić information content (AvgIpc) is 3.84. The van der Waals surface area contributed by atoms with E-state index < -0.39 is 5.82 Å². The van der Waals surface area contributed by atoms with Gasteiger partial charge in [-0.3, -0.25) is 29.5 Å². The molecule has 238 valence electrons. The van der Waals surface area contributed by atoms with E-state index in [0.29, 0.717) is 62.0 Å². The van der Waals surface area contributed by atoms with E-state index in [2.05, 4.69) is 26.1 Å². The van der Waals surface area contributed by atoms with Crippen LogP contribution in [0.4, 0.5) is 15.9 Å². The van der Waals surface area contributed by atoms with Crippen LogP contribution in [0.3, 0.4) is 0 Å². The second-order valence-electron chi connectivity index (χ2n) is 11.4. The van der Waals surface area contributed by atoms with E-state index in [1.54, 1.807) is 45.6 Å². The zero-order chi connectivity index (χ0) is 32.4. The number of hydrogen-bond donors (Lipinski definition) is 2. The molecule has 1 atom stereocenters. The molecule has 4 aromatic rings. The molecular weight excluding hydrogens is 607 g/mol. The molecule has 1 aromatic carbocycles. The molecule has 2 aliphatic rings. The molecule has 0 bridgehead atoms. The van der Waals surface area contributed by atoms with Gasteiger partial charge in [-0.05, 0) is 68.3 Å². The van der Waals surface area contributed by atoms with Gasteiger partial charge in [0.15, 0.2) is 5.82 Å². The summed E-state index contributed by atoms with van der Waals surface area (Å²) in [5, 5.41) is 13.9. The number of hydrogen-bond acceptors (Lipinski definition) is 10. The molecule has 0 aliphatic carbocycles. The first-order chi connectivity index (χ1) is 22.2. The van der Waals surface area contributed by atoms with Gasteiger partial charge in [-0.25, -0.2) is 19.3 Å². The zero-order valence-corrected chi connectivity index (χ0v) is 26.5. The maximum Gasteiger partial charge on any atom is 0.237 e. The number of thiazole rings is 1. The fraction of sp³-hybridized carbons (Fsp3) is 0.344. The summed E-state index contributed by atoms with van der Waals surface area (Å²) in [5.74, 6) is 0.329. The largest absolute Gasteiger partial charge is 0.397 e. The van der Waals surface area contributed by atoms with Crippen LogP contribution in [-0.4, -0.2) is 91.3 Å². The summed E-state index contributed by atoms with van der Waals surface area (Å²) in [6, 6.07) is 8.87. The predicted octanol–water partition coefficient (Wildman–Crippen LogP) is 3.46. The summed E-state index contributed by atoms with van der Waals surface area (Å²) in [7, 11) is 1.83. The first-order valence-electron chi connectivity index (χ1n) is 15.1. The normalized spacial score (nSPS) is 16.8. The molecule has 46 heavy (non-hydrogen) atoms. The Kier molecular flexibility index (Phi) is 8.99. The highest BCUT2D eigenvalue weighted by Gasteiger charge is 2.34. The fourth-order valence-electron chi connectivity index (χ4n) is 5.75. The second-order valence-corrected chi connectivity index (χ2v) is 12.4. The fourth-order valence-corrected chi connectivity index (χ4v) is 6.67. The Morgan fingerprint density at radius 3 is 2.65 bits per heavy atom. The third-order valence-corrected chi connectivity index (χ3v) is 9.35. The lowest BCUT2D eigenvalue weighted by Gasteiger charge is -2.28. The molecule has 5 heterocycles. The first-order valence-corrected chi connectivity index (χ1v) is 16.0. The maximum absolute atomic E-state index is 13.7. The summed E-state index contributed by atoms with van der Waals surface area (Å²) in [4.78, 5) is 46.7. The number of anilines is 2. The van der Waals surface area contributed by atoms with Gasteiger partial charge < -0.3 is 10.6 Å². The number of nitrogens with two attached hydrogens (primary N) is 1. The highest BCUT2D eigenvalue weighted by molar-refractivity contribution is 7.16. The van der Waals surface area contributed by atoms with Crippen molar-refractivity contribution in [3.63, 3.8) is 0 Å². The van der Waals surface area contributed by atoms with Gasteiger partial charge in [0.1, 0.15) is 28.7 Å². The number of likely N-dealkylation sites (tertiary alicyclic amines) is 1. The Balaban J connectivity index is 1.05. The SMILES string of the molecule is CCN(C(=O)[C@@H]1CCN(CC(=O)N2CC=C(c3ncc(-c4ncn(C)n4)s3)CC2)C1)c1ccc(N)c(C(=N)c2ccc(F)cc2)n1. The van der Waals surface area contributed by atoms with Crippen LogP contribution >= 0.6 is 11.3 Å². The van der Waals surface area contributed by atoms with Crippen LogP contribution in [0.25, 0.3) is 16.3 Å². The molecule has 0 spiro atoms. The minimum Gasteiger partial charge on any atom is -0.397 e. The Labute approximate surface area is 269 Å². The topological polar surface area (TPSA) is 150 Å². The number of halogens is 1. The molecule has 3 N–H and O–H groups in total. The van der Waals surface area contributed by atoms with Crippen molar-refractivity contribution < 1.29 is 14.0 Å². The quantitative estimate of drug-likeness (QED) is 0.264. The van der Waals surface area contributed by atoms with Crippen molar-refractivity contribution in [2.45, 2.75) is 19.8 Å². The molecule has 0 radical (unpaired) electrons. The highest BCUT2D eigenvalue weighted by atomic mass is 32.1. The van der Waals surface area contributed by atoms with Crippen LogP contribution < -0.4 is 10.6 Å². The number of carbonyl (C=O) groups excluding carboxylic acids is 2. The van der Waals surface area contributed by atoms with Gasteiger partial charge in [-0.1, -0.05) is 6.08 Å². The Morgan fingerprint density at radius 1 is 1.15 bits per heavy atom. The van der Waals surface area contributed by atoms with Gasteiger partial charge in [-0.15, -0.1) is 11.3 Å². The predicted molar refractivity (Wildman–Crippen MR) is 175 cm³/mol. The van der Waals surface area contributed by atoms with Gasteiger partial charge in [0.2, 0.25) is 11.8 Å². The summed E-state index contributed by atoms with van der Waals surface area (Å²) < 4.78 is 15.1. The molecule has 0 unspecified atom stereocenters. The molecule has 6 rings (SSSR count). The number of pyridine rings is 1. The van der Waals surface area contributed by atoms with Crippen LogP contribution in [0.1, 0.15) is 36.0 Å². The van der Waals surface area contributed by atoms with E-state index in [1.165, 1.54) is 24.3 Å². The molecule has 14 heteroatoms. The van der Waals surface area contributed by atoms with Crippen molar-refractivity contribution in [2.75, 3.05) is 49.9 Å². The summed E-state index contributed by atoms with van der Waals surface area (Å²) in [6.07, 6.45) is 6.87. The zero-order valence-electron chi connectivity index (χ0n) is 25.7. The minimum absolute atomic E-state index is 0.0393. The van der Waals surface area contributed by atoms with Gasteiger partial charge in [0.25, 0.3) is 0 Å². The molecule has 0 saturated carbocycles. The summed E-state index contributed by atoms with van der Waals surface area (Å²) >= 11 is 1.55. The monoisotopic (exact) mass is 642 g/mol. The van der Waals surface area contributed by atoms with Crippen molar-refractivity contribution >= 4 is 45.9 Å². The van der Waals surface area contributed by atoms with E-state index in [-0.39, 0.29) is 35.7 Å². The lowest BCUT2D eigenvalue weighted by atomic mass is 10.1. The molecule has 2 amide bonds. The van der Waals surface area contributed by atoms with Crippen molar-refractivity contribution in [2.24, 2.45) is 13.0 Å². The molecule has 2 aliphatic heterocycles. The van der Waals surface area contributed by atoms with E-state index in [1.807, 2.05) is 23.8 Å². The van der Waals surface area contributed by atoms with Crippen LogP contribution in [0.5, 0.6) is 0 Å². The Morgan fingerprint density at radius 2 is 1.96 bits per heavy atom. The minimum atomic E-state index is -0.399. The number of rotatable bonds is 9. The maximum atomic E-state index is 13.7. The van der Waals surface area contributed by atoms with E-state index in [0.717, 1.165) is 21.9 Å². The smallest absolute Gasteiger partial charge is 0.237 e. The number of nitrogens with zero attached hydrogens (tertiary/aromatic N) is 8. The van der Waals surface area contributed by atoms with Crippen molar-refractivity contribution in [3.8, 4) is 10.7 Å². The van der Waals surface area contributed by atoms with E-state index in [9.17, 15) is 14.0 Å². The highest BCUT2D eigenvalue weighted by Crippen LogP contribution is 2.31. The number of aromatic nitrogens is 5. The van der Waals surface area contributed by atoms with Crippen LogP contribution in [0.15, 0.2) is 55.0 Å². The molecule has 1 saturated heterocycles. The molecule has 1 fully saturated rings. The second kappa shape index (κ2) is 13.3. The number of nitrogen functional groups attached to an aromatic ring is 1. The van der Waals surface area contributed by atoms with Gasteiger partial charge >= 0.3 is 0 Å². The first kappa shape index (κ1) is 31.2. The van der Waals surface area contributed by atoms with Gasteiger partial charge in [0.05, 0.1) is 28.7 Å². The summed E-state index contributed by atoms with van der Waals surface area (Å²) in [5.41, 5.74) is 8.31. The van der Waals surface area contributed by atoms with Crippen LogP contribution in [0, 0.1) is 17.1 Å². The van der Waals surface area contributed by atoms with E-state index >= 15 is 0 Å². The Hall–Kier alpha value is -4.82. The Bertz CT molecular complexity index is 1800. The average molecular weight is 643 g/mol. The number of carbonyl (C=O) groups is 2. The number of amides is 2. The lowest BCUT2D eigenvalue weighted by molar-refractivity contribution is -0.132. The van der Waals surface area contributed by atoms with Crippen LogP contribution in [0.2, 0.25) is 0 Å². The van der Waals surface area contributed by atoms with Crippen molar-refractivity contribution in [1.82, 2.24) is 34.5 Å². The van der Waals surface area contributed by atoms with E-state index in [4.69, 9.17) is 11.1 Å². The lowest BCUT2D eigenvalue weighted by Crippen LogP contribution is -2.42. The molecular formula is C32H35FN10O2S. The number of aryl methyl sites for hydroxylation is 1. The van der Waals surface area contributed by atoms with Crippen molar-refractivity contribution in [1.29, 1.82) is 5.41 Å². The van der Waals surface area contributed by atoms with Crippen molar-refractivity contribution in [3.05, 3.63) is 77.1 Å². The molecule has 12 nitrogen and oxygen atoms in total. The third kappa shape index (κ3) is 6.58. The number of benzene rings is 1. The van der Waals surface area contributed by atoms with Gasteiger partial charge in [0, 0.05) is 45.0 Å². The summed E-state index contributed by atoms with van der Waals surface area (Å²) in [6.45, 7) is 4.76. The molecule has 3 aromatic heterocycles. The van der Waals surface area contributed by atoms with Crippen LogP contribution in [-0.2, 0) is 16.6 Å².